The van der Waals surface area contributed by atoms with Gasteiger partial charge in [0.15, 0.2) is 0 Å². The minimum atomic E-state index is 0.702. The molecule has 1 atom stereocenters. The molecular weight excluding hydrogens is 236 g/mol. The van der Waals surface area contributed by atoms with Gasteiger partial charge in [0.25, 0.3) is 0 Å². The second-order valence-electron chi connectivity index (χ2n) is 5.58. The Morgan fingerprint density at radius 1 is 1.32 bits per heavy atom. The van der Waals surface area contributed by atoms with Gasteiger partial charge in [0.05, 0.1) is 0 Å². The second kappa shape index (κ2) is 7.51. The Balaban J connectivity index is 1.70. The molecule has 1 aliphatic rings. The maximum atomic E-state index is 5.80. The maximum absolute atomic E-state index is 5.80. The van der Waals surface area contributed by atoms with E-state index in [1.165, 1.54) is 31.5 Å². The molecule has 0 aliphatic carbocycles. The number of ether oxygens (including phenoxy) is 1. The molecule has 3 heteroatoms. The van der Waals surface area contributed by atoms with Gasteiger partial charge >= 0.3 is 0 Å². The standard InChI is InChI=1S/C16H26N2O/c1-14-3-2-10-18(13-14)11-12-19-16-6-4-15(5-7-16)8-9-17/h4-7,14H,2-3,8-13,17H2,1H3. The molecule has 106 valence electrons. The lowest BCUT2D eigenvalue weighted by Crippen LogP contribution is -2.37. The fourth-order valence-corrected chi connectivity index (χ4v) is 2.70. The van der Waals surface area contributed by atoms with Gasteiger partial charge in [-0.1, -0.05) is 19.1 Å². The highest BCUT2D eigenvalue weighted by Crippen LogP contribution is 2.16. The van der Waals surface area contributed by atoms with Crippen molar-refractivity contribution in [2.75, 3.05) is 32.8 Å². The van der Waals surface area contributed by atoms with Gasteiger partial charge in [0, 0.05) is 13.1 Å². The van der Waals surface area contributed by atoms with E-state index in [1.807, 2.05) is 12.1 Å². The number of hydrogen-bond donors (Lipinski definition) is 1. The lowest BCUT2D eigenvalue weighted by atomic mass is 10.0. The van der Waals surface area contributed by atoms with Gasteiger partial charge in [0.2, 0.25) is 0 Å². The largest absolute Gasteiger partial charge is 0.492 e. The van der Waals surface area contributed by atoms with Gasteiger partial charge in [-0.25, -0.2) is 0 Å². The smallest absolute Gasteiger partial charge is 0.119 e. The fourth-order valence-electron chi connectivity index (χ4n) is 2.70. The molecule has 1 heterocycles. The summed E-state index contributed by atoms with van der Waals surface area (Å²) in [5, 5.41) is 0. The highest BCUT2D eigenvalue weighted by atomic mass is 16.5. The predicted octanol–water partition coefficient (Wildman–Crippen LogP) is 2.30. The van der Waals surface area contributed by atoms with Gasteiger partial charge < -0.3 is 10.5 Å². The van der Waals surface area contributed by atoms with Crippen molar-refractivity contribution in [2.45, 2.75) is 26.2 Å². The molecule has 2 N–H and O–H groups in total. The van der Waals surface area contributed by atoms with Crippen LogP contribution in [0.3, 0.4) is 0 Å². The Morgan fingerprint density at radius 3 is 2.79 bits per heavy atom. The van der Waals surface area contributed by atoms with Crippen LogP contribution in [-0.2, 0) is 6.42 Å². The first-order valence-corrected chi connectivity index (χ1v) is 7.42. The normalized spacial score (nSPS) is 20.4. The van der Waals surface area contributed by atoms with Crippen LogP contribution in [0.5, 0.6) is 5.75 Å². The summed E-state index contributed by atoms with van der Waals surface area (Å²) in [6.07, 6.45) is 3.64. The van der Waals surface area contributed by atoms with Crippen LogP contribution in [0.15, 0.2) is 24.3 Å². The number of nitrogens with two attached hydrogens (primary N) is 1. The minimum Gasteiger partial charge on any atom is -0.492 e. The molecule has 1 aromatic rings. The van der Waals surface area contributed by atoms with Crippen LogP contribution in [0.2, 0.25) is 0 Å². The van der Waals surface area contributed by atoms with Crippen LogP contribution in [-0.4, -0.2) is 37.7 Å². The van der Waals surface area contributed by atoms with Gasteiger partial charge in [-0.3, -0.25) is 4.90 Å². The average Bonchev–Trinajstić information content (AvgIpc) is 2.41. The van der Waals surface area contributed by atoms with Gasteiger partial charge in [-0.05, 0) is 56.0 Å². The molecule has 0 saturated carbocycles. The summed E-state index contributed by atoms with van der Waals surface area (Å²) < 4.78 is 5.80. The number of hydrogen-bond acceptors (Lipinski definition) is 3. The van der Waals surface area contributed by atoms with E-state index in [1.54, 1.807) is 0 Å². The topological polar surface area (TPSA) is 38.5 Å². The second-order valence-corrected chi connectivity index (χ2v) is 5.58. The van der Waals surface area contributed by atoms with Crippen molar-refractivity contribution in [2.24, 2.45) is 11.7 Å². The first-order valence-electron chi connectivity index (χ1n) is 7.42. The highest BCUT2D eigenvalue weighted by Gasteiger charge is 2.15. The van der Waals surface area contributed by atoms with Crippen molar-refractivity contribution in [3.05, 3.63) is 29.8 Å². The minimum absolute atomic E-state index is 0.702. The molecule has 19 heavy (non-hydrogen) atoms. The van der Waals surface area contributed by atoms with Crippen molar-refractivity contribution in [3.8, 4) is 5.75 Å². The van der Waals surface area contributed by atoms with E-state index in [-0.39, 0.29) is 0 Å². The van der Waals surface area contributed by atoms with Crippen LogP contribution in [0.25, 0.3) is 0 Å². The molecule has 1 saturated heterocycles. The number of benzene rings is 1. The number of piperidine rings is 1. The third kappa shape index (κ3) is 4.84. The first-order chi connectivity index (χ1) is 9.28. The molecule has 3 nitrogen and oxygen atoms in total. The van der Waals surface area contributed by atoms with E-state index in [2.05, 4.69) is 24.0 Å². The molecule has 0 bridgehead atoms. The quantitative estimate of drug-likeness (QED) is 0.855. The average molecular weight is 262 g/mol. The van der Waals surface area contributed by atoms with Crippen molar-refractivity contribution in [1.82, 2.24) is 4.90 Å². The monoisotopic (exact) mass is 262 g/mol. The molecule has 0 spiro atoms. The molecule has 1 fully saturated rings. The zero-order valence-corrected chi connectivity index (χ0v) is 12.0. The lowest BCUT2D eigenvalue weighted by Gasteiger charge is -2.30. The molecule has 0 amide bonds. The van der Waals surface area contributed by atoms with Crippen LogP contribution in [0.4, 0.5) is 0 Å². The molecule has 2 rings (SSSR count). The fraction of sp³-hybridized carbons (Fsp3) is 0.625. The summed E-state index contributed by atoms with van der Waals surface area (Å²) in [5.74, 6) is 1.80. The number of likely N-dealkylation sites (tertiary alicyclic amines) is 1. The zero-order chi connectivity index (χ0) is 13.5. The van der Waals surface area contributed by atoms with Crippen molar-refractivity contribution in [1.29, 1.82) is 0 Å². The maximum Gasteiger partial charge on any atom is 0.119 e. The third-order valence-electron chi connectivity index (χ3n) is 3.77. The Hall–Kier alpha value is -1.06. The van der Waals surface area contributed by atoms with Crippen molar-refractivity contribution < 1.29 is 4.74 Å². The van der Waals surface area contributed by atoms with Gasteiger partial charge in [-0.15, -0.1) is 0 Å². The third-order valence-corrected chi connectivity index (χ3v) is 3.77. The summed E-state index contributed by atoms with van der Waals surface area (Å²) in [4.78, 5) is 2.51. The van der Waals surface area contributed by atoms with Crippen LogP contribution < -0.4 is 10.5 Å². The summed E-state index contributed by atoms with van der Waals surface area (Å²) >= 11 is 0. The Morgan fingerprint density at radius 2 is 2.11 bits per heavy atom. The van der Waals surface area contributed by atoms with Crippen LogP contribution >= 0.6 is 0 Å². The molecule has 1 aliphatic heterocycles. The molecule has 0 radical (unpaired) electrons. The van der Waals surface area contributed by atoms with E-state index >= 15 is 0 Å². The molecule has 0 aromatic heterocycles. The number of nitrogens with zero attached hydrogens (tertiary/aromatic N) is 1. The Bertz CT molecular complexity index is 364. The summed E-state index contributed by atoms with van der Waals surface area (Å²) in [6, 6.07) is 8.30. The van der Waals surface area contributed by atoms with E-state index in [0.717, 1.165) is 31.2 Å². The molecular formula is C16H26N2O. The van der Waals surface area contributed by atoms with Gasteiger partial charge in [-0.2, -0.15) is 0 Å². The molecule has 1 aromatic carbocycles. The van der Waals surface area contributed by atoms with E-state index in [9.17, 15) is 0 Å². The first kappa shape index (κ1) is 14.4. The van der Waals surface area contributed by atoms with Crippen molar-refractivity contribution in [3.63, 3.8) is 0 Å². The Labute approximate surface area is 116 Å². The van der Waals surface area contributed by atoms with E-state index in [0.29, 0.717) is 6.54 Å². The summed E-state index contributed by atoms with van der Waals surface area (Å²) in [5.41, 5.74) is 6.81. The number of rotatable bonds is 6. The Kier molecular flexibility index (Phi) is 5.67. The van der Waals surface area contributed by atoms with Crippen LogP contribution in [0, 0.1) is 5.92 Å². The van der Waals surface area contributed by atoms with Crippen molar-refractivity contribution >= 4 is 0 Å². The van der Waals surface area contributed by atoms with E-state index < -0.39 is 0 Å². The highest BCUT2D eigenvalue weighted by molar-refractivity contribution is 5.27. The SMILES string of the molecule is CC1CCCN(CCOc2ccc(CCN)cc2)C1. The van der Waals surface area contributed by atoms with Gasteiger partial charge in [0.1, 0.15) is 12.4 Å². The van der Waals surface area contributed by atoms with E-state index in [4.69, 9.17) is 10.5 Å². The summed E-state index contributed by atoms with van der Waals surface area (Å²) in [6.45, 7) is 7.30. The summed E-state index contributed by atoms with van der Waals surface area (Å²) in [7, 11) is 0. The van der Waals surface area contributed by atoms with Crippen LogP contribution in [0.1, 0.15) is 25.3 Å². The predicted molar refractivity (Wildman–Crippen MR) is 79.5 cm³/mol. The molecule has 1 unspecified atom stereocenters. The zero-order valence-electron chi connectivity index (χ0n) is 12.0. The lowest BCUT2D eigenvalue weighted by molar-refractivity contribution is 0.153.